The molecule has 4 atom stereocenters. The molecule has 0 radical (unpaired) electrons. The number of pyridine rings is 1. The Morgan fingerprint density at radius 1 is 1.02 bits per heavy atom. The van der Waals surface area contributed by atoms with Gasteiger partial charge in [0, 0.05) is 55.2 Å². The normalized spacial score (nSPS) is 20.0. The van der Waals surface area contributed by atoms with E-state index in [9.17, 15) is 27.6 Å². The first-order valence-electron chi connectivity index (χ1n) is 21.4. The van der Waals surface area contributed by atoms with Crippen molar-refractivity contribution in [3.63, 3.8) is 0 Å². The van der Waals surface area contributed by atoms with Gasteiger partial charge < -0.3 is 34.6 Å². The molecule has 15 nitrogen and oxygen atoms in total. The van der Waals surface area contributed by atoms with Crippen LogP contribution in [0.15, 0.2) is 102 Å². The zero-order chi connectivity index (χ0) is 46.1. The summed E-state index contributed by atoms with van der Waals surface area (Å²) in [5.74, 6) is -1.60. The van der Waals surface area contributed by atoms with Crippen molar-refractivity contribution >= 4 is 50.4 Å². The lowest BCUT2D eigenvalue weighted by molar-refractivity contribution is -0.142. The number of fused-ring (bicyclic) bond motifs is 2. The lowest BCUT2D eigenvalue weighted by atomic mass is 9.93. The summed E-state index contributed by atoms with van der Waals surface area (Å²) in [6, 6.07) is 18.6. The molecular formula is C48H56N6O9S. The van der Waals surface area contributed by atoms with Crippen LogP contribution in [-0.2, 0) is 35.6 Å². The third-order valence-corrected chi connectivity index (χ3v) is 13.1. The summed E-state index contributed by atoms with van der Waals surface area (Å²) >= 11 is 0. The third-order valence-electron chi connectivity index (χ3n) is 11.8. The van der Waals surface area contributed by atoms with Gasteiger partial charge in [-0.3, -0.25) is 14.4 Å². The van der Waals surface area contributed by atoms with E-state index in [1.165, 1.54) is 34.7 Å². The monoisotopic (exact) mass is 892 g/mol. The Morgan fingerprint density at radius 3 is 2.44 bits per heavy atom. The Hall–Kier alpha value is -6.42. The van der Waals surface area contributed by atoms with Crippen LogP contribution in [-0.4, -0.2) is 98.7 Å². The fraction of sp³-hybridized carbons (Fsp3) is 0.396. The van der Waals surface area contributed by atoms with Crippen molar-refractivity contribution in [1.29, 1.82) is 0 Å². The second-order valence-electron chi connectivity index (χ2n) is 17.9. The smallest absolute Gasteiger partial charge is 0.408 e. The molecule has 2 aliphatic heterocycles. The Morgan fingerprint density at radius 2 is 1.77 bits per heavy atom. The van der Waals surface area contributed by atoms with Gasteiger partial charge in [-0.05, 0) is 87.1 Å². The van der Waals surface area contributed by atoms with Crippen LogP contribution < -0.4 is 29.7 Å². The van der Waals surface area contributed by atoms with Gasteiger partial charge in [-0.2, -0.15) is 0 Å². The molecule has 0 bridgehead atoms. The average Bonchev–Trinajstić information content (AvgIpc) is 3.99. The van der Waals surface area contributed by atoms with E-state index < -0.39 is 69.1 Å². The number of nitrogens with one attached hydrogen (secondary N) is 3. The second-order valence-corrected chi connectivity index (χ2v) is 19.6. The Labute approximate surface area is 374 Å². The quantitative estimate of drug-likeness (QED) is 0.142. The molecule has 3 aromatic carbocycles. The van der Waals surface area contributed by atoms with Crippen LogP contribution in [0.5, 0.6) is 11.5 Å². The van der Waals surface area contributed by atoms with Crippen LogP contribution in [0.25, 0.3) is 22.2 Å². The molecule has 64 heavy (non-hydrogen) atoms. The summed E-state index contributed by atoms with van der Waals surface area (Å²) in [7, 11) is -0.693. The minimum atomic E-state index is -4.33. The Balaban J connectivity index is 1.24. The van der Waals surface area contributed by atoms with Gasteiger partial charge in [0.2, 0.25) is 11.8 Å². The molecule has 4 aromatic rings. The first-order chi connectivity index (χ1) is 30.3. The summed E-state index contributed by atoms with van der Waals surface area (Å²) in [4.78, 5) is 65.3. The van der Waals surface area contributed by atoms with E-state index in [1.54, 1.807) is 66.0 Å². The summed E-state index contributed by atoms with van der Waals surface area (Å²) in [5, 5.41) is 6.26. The van der Waals surface area contributed by atoms with Gasteiger partial charge in [0.25, 0.3) is 15.9 Å². The zero-order valence-electron chi connectivity index (χ0n) is 37.3. The number of hydrogen-bond acceptors (Lipinski definition) is 11. The second kappa shape index (κ2) is 18.0. The summed E-state index contributed by atoms with van der Waals surface area (Å²) in [5.41, 5.74) is 2.54. The number of likely N-dealkylation sites (tertiary alicyclic amines) is 1. The minimum absolute atomic E-state index is 0.0168. The number of benzene rings is 3. The maximum atomic E-state index is 14.8. The molecular weight excluding hydrogens is 837 g/mol. The number of amides is 4. The summed E-state index contributed by atoms with van der Waals surface area (Å²) in [6.45, 7) is 13.3. The molecule has 1 aliphatic carbocycles. The van der Waals surface area contributed by atoms with Crippen LogP contribution in [0, 0.1) is 5.92 Å². The molecule has 1 saturated heterocycles. The maximum absolute atomic E-state index is 14.8. The minimum Gasteiger partial charge on any atom is -0.497 e. The van der Waals surface area contributed by atoms with Gasteiger partial charge in [0.05, 0.1) is 29.8 Å². The van der Waals surface area contributed by atoms with E-state index in [0.29, 0.717) is 33.7 Å². The first kappa shape index (κ1) is 45.6. The molecule has 1 fully saturated rings. The highest BCUT2D eigenvalue weighted by atomic mass is 32.2. The van der Waals surface area contributed by atoms with E-state index in [-0.39, 0.29) is 30.7 Å². The van der Waals surface area contributed by atoms with Crippen LogP contribution in [0.2, 0.25) is 0 Å². The van der Waals surface area contributed by atoms with Crippen molar-refractivity contribution in [3.8, 4) is 22.8 Å². The molecule has 338 valence electrons. The van der Waals surface area contributed by atoms with Crippen molar-refractivity contribution in [2.75, 3.05) is 32.1 Å². The molecule has 1 aromatic heterocycles. The number of allylic oxidation sites excluding steroid dienone is 1. The highest BCUT2D eigenvalue weighted by molar-refractivity contribution is 7.90. The van der Waals surface area contributed by atoms with E-state index in [0.717, 1.165) is 24.2 Å². The van der Waals surface area contributed by atoms with E-state index in [2.05, 4.69) is 46.0 Å². The van der Waals surface area contributed by atoms with Crippen LogP contribution in [0.3, 0.4) is 0 Å². The topological polar surface area (TPSA) is 186 Å². The van der Waals surface area contributed by atoms with E-state index in [1.807, 2.05) is 24.3 Å². The number of carbonyl (C=O) groups excluding carboxylic acids is 4. The molecule has 7 rings (SSSR count). The average molecular weight is 893 g/mol. The molecule has 0 spiro atoms. The third kappa shape index (κ3) is 9.71. The molecule has 4 amide bonds. The number of rotatable bonds is 13. The van der Waals surface area contributed by atoms with Crippen molar-refractivity contribution in [2.24, 2.45) is 5.92 Å². The lowest BCUT2D eigenvalue weighted by Gasteiger charge is -2.34. The van der Waals surface area contributed by atoms with Crippen molar-refractivity contribution in [2.45, 2.75) is 94.5 Å². The molecule has 3 heterocycles. The fourth-order valence-electron chi connectivity index (χ4n) is 8.43. The van der Waals surface area contributed by atoms with Crippen molar-refractivity contribution in [3.05, 3.63) is 103 Å². The largest absolute Gasteiger partial charge is 0.497 e. The zero-order valence-corrected chi connectivity index (χ0v) is 38.1. The number of alkyl carbamates (subject to hydrolysis) is 1. The Bertz CT molecular complexity index is 2630. The van der Waals surface area contributed by atoms with Gasteiger partial charge in [0.15, 0.2) is 0 Å². The lowest BCUT2D eigenvalue weighted by Crippen LogP contribution is -2.62. The van der Waals surface area contributed by atoms with Gasteiger partial charge in [-0.25, -0.2) is 22.9 Å². The van der Waals surface area contributed by atoms with Gasteiger partial charge in [0.1, 0.15) is 40.8 Å². The van der Waals surface area contributed by atoms with E-state index >= 15 is 0 Å². The number of ether oxygens (including phenoxy) is 3. The van der Waals surface area contributed by atoms with Crippen LogP contribution >= 0.6 is 0 Å². The van der Waals surface area contributed by atoms with Crippen molar-refractivity contribution < 1.29 is 41.8 Å². The number of aromatic nitrogens is 1. The van der Waals surface area contributed by atoms with Crippen molar-refractivity contribution in [1.82, 2.24) is 25.2 Å². The number of methoxy groups -OCH3 is 1. The number of anilines is 1. The molecule has 1 unspecified atom stereocenters. The number of hydrogen-bond donors (Lipinski definition) is 3. The number of likely N-dealkylation sites (N-methyl/N-ethyl adjacent to an activating group) is 1. The van der Waals surface area contributed by atoms with Crippen LogP contribution in [0.1, 0.15) is 59.4 Å². The highest BCUT2D eigenvalue weighted by Crippen LogP contribution is 2.38. The number of nitrogens with zero attached hydrogens (tertiary/aromatic N) is 3. The Kier molecular flexibility index (Phi) is 12.8. The molecule has 3 aliphatic rings. The summed E-state index contributed by atoms with van der Waals surface area (Å²) in [6.07, 6.45) is 2.47. The molecule has 0 saturated carbocycles. The SMILES string of the molecule is C=CC1=CCC(NC(=O)[C@@H]2C[C@@H](Oc3cc(-c4ccc5c(c4)CCN5C)nc4cc(OC)ccc34)CN2C(=O)[C@@H](NC(=O)OC(C)(C)C)C(C)C)(C(=O)NS(=O)(=O)c2ccccc2)C1. The first-order valence-corrected chi connectivity index (χ1v) is 22.8. The predicted molar refractivity (Wildman–Crippen MR) is 243 cm³/mol. The number of carbonyl (C=O) groups is 4. The van der Waals surface area contributed by atoms with Gasteiger partial charge in [-0.15, -0.1) is 0 Å². The van der Waals surface area contributed by atoms with E-state index in [4.69, 9.17) is 19.2 Å². The summed E-state index contributed by atoms with van der Waals surface area (Å²) < 4.78 is 46.9. The van der Waals surface area contributed by atoms with Gasteiger partial charge in [-0.1, -0.05) is 56.8 Å². The fourth-order valence-corrected chi connectivity index (χ4v) is 9.50. The molecule has 16 heteroatoms. The van der Waals surface area contributed by atoms with Crippen LogP contribution in [0.4, 0.5) is 10.5 Å². The number of sulfonamides is 1. The standard InChI is InChI=1S/C48H56N6O9S/c1-9-30-19-21-48(27-30,45(57)52-64(59,60)35-13-11-10-12-14-35)51-43(55)40-25-34(28-54(40)44(56)42(29(2)3)50-46(58)63-47(4,5)6)62-41-26-37(49-38-24-33(61-8)16-17-36(38)41)31-15-18-39-32(23-31)20-22-53(39)7/h9-19,23-24,26,29,34,40,42H,1,20-22,25,27-28H2,2-8H3,(H,50,58)(H,51,55)(H,52,57)/t34-,40+,42+,48?/m1/s1. The molecule has 3 N–H and O–H groups in total. The highest BCUT2D eigenvalue weighted by Gasteiger charge is 2.49. The van der Waals surface area contributed by atoms with Gasteiger partial charge >= 0.3 is 6.09 Å². The maximum Gasteiger partial charge on any atom is 0.408 e. The predicted octanol–water partition coefficient (Wildman–Crippen LogP) is 6.07.